The van der Waals surface area contributed by atoms with Crippen molar-refractivity contribution < 1.29 is 9.15 Å². The number of hydrogen-bond donors (Lipinski definition) is 0. The van der Waals surface area contributed by atoms with Crippen LogP contribution in [-0.2, 0) is 19.5 Å². The first-order valence-corrected chi connectivity index (χ1v) is 10.4. The monoisotopic (exact) mass is 403 g/mol. The number of benzene rings is 1. The maximum Gasteiger partial charge on any atom is 0.195 e. The Bertz CT molecular complexity index is 1120. The second-order valence-corrected chi connectivity index (χ2v) is 8.27. The van der Waals surface area contributed by atoms with E-state index in [4.69, 9.17) is 14.1 Å². The number of furan rings is 1. The van der Waals surface area contributed by atoms with Gasteiger partial charge in [-0.3, -0.25) is 4.90 Å². The molecular formula is C23H21N3O2S. The van der Waals surface area contributed by atoms with Gasteiger partial charge in [-0.2, -0.15) is 0 Å². The van der Waals surface area contributed by atoms with Crippen LogP contribution in [0.3, 0.4) is 0 Å². The first-order valence-electron chi connectivity index (χ1n) is 9.62. The van der Waals surface area contributed by atoms with Gasteiger partial charge < -0.3 is 9.15 Å². The maximum atomic E-state index is 5.42. The highest BCUT2D eigenvalue weighted by Crippen LogP contribution is 2.32. The molecule has 0 atom stereocenters. The average Bonchev–Trinajstić information content (AvgIpc) is 3.46. The summed E-state index contributed by atoms with van der Waals surface area (Å²) >= 11 is 1.84. The normalized spacial score (nSPS) is 14.0. The lowest BCUT2D eigenvalue weighted by Gasteiger charge is -2.27. The molecule has 0 saturated heterocycles. The second kappa shape index (κ2) is 7.81. The fourth-order valence-corrected chi connectivity index (χ4v) is 4.70. The van der Waals surface area contributed by atoms with Crippen LogP contribution in [-0.4, -0.2) is 28.5 Å². The molecule has 1 aliphatic heterocycles. The van der Waals surface area contributed by atoms with Gasteiger partial charge in [0, 0.05) is 47.6 Å². The summed E-state index contributed by atoms with van der Waals surface area (Å²) in [6, 6.07) is 16.4. The van der Waals surface area contributed by atoms with Crippen LogP contribution in [0.15, 0.2) is 65.4 Å². The SMILES string of the molecule is COc1cccc(-c2ccc(CN3CCc4nc(-c5ccco5)ncc4C3)s2)c1. The van der Waals surface area contributed by atoms with Crippen LogP contribution in [0.25, 0.3) is 22.0 Å². The van der Waals surface area contributed by atoms with Gasteiger partial charge >= 0.3 is 0 Å². The predicted molar refractivity (Wildman–Crippen MR) is 114 cm³/mol. The van der Waals surface area contributed by atoms with Crippen LogP contribution in [0, 0.1) is 0 Å². The lowest BCUT2D eigenvalue weighted by Crippen LogP contribution is -2.30. The van der Waals surface area contributed by atoms with Gasteiger partial charge in [-0.05, 0) is 42.0 Å². The molecule has 0 N–H and O–H groups in total. The molecule has 146 valence electrons. The third-order valence-corrected chi connectivity index (χ3v) is 6.27. The molecule has 6 heteroatoms. The van der Waals surface area contributed by atoms with E-state index >= 15 is 0 Å². The lowest BCUT2D eigenvalue weighted by atomic mass is 10.1. The summed E-state index contributed by atoms with van der Waals surface area (Å²) in [4.78, 5) is 14.3. The standard InChI is InChI=1S/C23H21N3O2S/c1-27-18-5-2-4-16(12-18)22-8-7-19(29-22)15-26-10-9-20-17(14-26)13-24-23(25-20)21-6-3-11-28-21/h2-8,11-13H,9-10,14-15H2,1H3. The Hall–Kier alpha value is -2.96. The molecule has 0 aliphatic carbocycles. The summed E-state index contributed by atoms with van der Waals surface area (Å²) in [6.45, 7) is 2.81. The first kappa shape index (κ1) is 18.1. The van der Waals surface area contributed by atoms with Crippen LogP contribution in [0.4, 0.5) is 0 Å². The van der Waals surface area contributed by atoms with Crippen molar-refractivity contribution in [1.29, 1.82) is 0 Å². The zero-order valence-electron chi connectivity index (χ0n) is 16.2. The molecule has 0 bridgehead atoms. The Morgan fingerprint density at radius 2 is 2.14 bits per heavy atom. The maximum absolute atomic E-state index is 5.42. The summed E-state index contributed by atoms with van der Waals surface area (Å²) < 4.78 is 10.8. The van der Waals surface area contributed by atoms with Crippen molar-refractivity contribution in [2.45, 2.75) is 19.5 Å². The first-order chi connectivity index (χ1) is 14.3. The number of thiophene rings is 1. The predicted octanol–water partition coefficient (Wildman–Crippen LogP) is 5.03. The zero-order chi connectivity index (χ0) is 19.6. The largest absolute Gasteiger partial charge is 0.497 e. The number of methoxy groups -OCH3 is 1. The molecule has 0 amide bonds. The van der Waals surface area contributed by atoms with Gasteiger partial charge in [0.15, 0.2) is 11.6 Å². The minimum absolute atomic E-state index is 0.670. The van der Waals surface area contributed by atoms with E-state index in [1.54, 1.807) is 13.4 Å². The van der Waals surface area contributed by atoms with Gasteiger partial charge in [0.05, 0.1) is 19.1 Å². The Morgan fingerprint density at radius 3 is 3.00 bits per heavy atom. The lowest BCUT2D eigenvalue weighted by molar-refractivity contribution is 0.245. The number of fused-ring (bicyclic) bond motifs is 1. The van der Waals surface area contributed by atoms with Crippen LogP contribution < -0.4 is 4.74 Å². The summed E-state index contributed by atoms with van der Waals surface area (Å²) in [5, 5.41) is 0. The highest BCUT2D eigenvalue weighted by Gasteiger charge is 2.20. The zero-order valence-corrected chi connectivity index (χ0v) is 17.0. The molecule has 1 aliphatic rings. The fraction of sp³-hybridized carbons (Fsp3) is 0.217. The van der Waals surface area contributed by atoms with Crippen molar-refractivity contribution in [1.82, 2.24) is 14.9 Å². The Morgan fingerprint density at radius 1 is 1.17 bits per heavy atom. The Balaban J connectivity index is 1.29. The molecule has 1 aromatic carbocycles. The van der Waals surface area contributed by atoms with Crippen molar-refractivity contribution in [2.24, 2.45) is 0 Å². The summed E-state index contributed by atoms with van der Waals surface area (Å²) in [6.07, 6.45) is 4.53. The molecule has 0 radical (unpaired) electrons. The molecule has 4 aromatic rings. The molecule has 29 heavy (non-hydrogen) atoms. The minimum Gasteiger partial charge on any atom is -0.497 e. The van der Waals surface area contributed by atoms with Gasteiger partial charge in [0.1, 0.15) is 5.75 Å². The van der Waals surface area contributed by atoms with E-state index in [0.717, 1.165) is 43.3 Å². The molecule has 0 saturated carbocycles. The summed E-state index contributed by atoms with van der Waals surface area (Å²) in [7, 11) is 1.70. The van der Waals surface area contributed by atoms with Crippen molar-refractivity contribution >= 4 is 11.3 Å². The van der Waals surface area contributed by atoms with Crippen LogP contribution in [0.1, 0.15) is 16.1 Å². The Labute approximate surface area is 173 Å². The van der Waals surface area contributed by atoms with E-state index in [1.807, 2.05) is 41.8 Å². The van der Waals surface area contributed by atoms with E-state index in [9.17, 15) is 0 Å². The van der Waals surface area contributed by atoms with Gasteiger partial charge in [0.2, 0.25) is 0 Å². The van der Waals surface area contributed by atoms with E-state index in [2.05, 4.69) is 34.1 Å². The van der Waals surface area contributed by atoms with E-state index in [0.29, 0.717) is 5.82 Å². The third-order valence-electron chi connectivity index (χ3n) is 5.15. The highest BCUT2D eigenvalue weighted by molar-refractivity contribution is 7.15. The highest BCUT2D eigenvalue weighted by atomic mass is 32.1. The van der Waals surface area contributed by atoms with Crippen LogP contribution >= 0.6 is 11.3 Å². The number of rotatable bonds is 5. The average molecular weight is 404 g/mol. The van der Waals surface area contributed by atoms with Crippen LogP contribution in [0.2, 0.25) is 0 Å². The molecule has 4 heterocycles. The fourth-order valence-electron chi connectivity index (χ4n) is 3.65. The minimum atomic E-state index is 0.670. The van der Waals surface area contributed by atoms with Crippen molar-refractivity contribution in [3.63, 3.8) is 0 Å². The Kier molecular flexibility index (Phi) is 4.87. The second-order valence-electron chi connectivity index (χ2n) is 7.10. The quantitative estimate of drug-likeness (QED) is 0.468. The summed E-state index contributed by atoms with van der Waals surface area (Å²) in [5.74, 6) is 2.28. The molecule has 0 unspecified atom stereocenters. The van der Waals surface area contributed by atoms with Crippen molar-refractivity contribution in [2.75, 3.05) is 13.7 Å². The molecule has 0 spiro atoms. The molecule has 3 aromatic heterocycles. The summed E-state index contributed by atoms with van der Waals surface area (Å²) in [5.41, 5.74) is 3.53. The van der Waals surface area contributed by atoms with Gasteiger partial charge in [-0.15, -0.1) is 11.3 Å². The van der Waals surface area contributed by atoms with E-state index in [-0.39, 0.29) is 0 Å². The molecule has 0 fully saturated rings. The van der Waals surface area contributed by atoms with E-state index in [1.165, 1.54) is 20.9 Å². The topological polar surface area (TPSA) is 51.4 Å². The number of hydrogen-bond acceptors (Lipinski definition) is 6. The molecule has 5 rings (SSSR count). The van der Waals surface area contributed by atoms with Gasteiger partial charge in [0.25, 0.3) is 0 Å². The van der Waals surface area contributed by atoms with Crippen molar-refractivity contribution in [3.05, 3.63) is 77.1 Å². The van der Waals surface area contributed by atoms with Crippen molar-refractivity contribution in [3.8, 4) is 27.8 Å². The number of nitrogens with zero attached hydrogens (tertiary/aromatic N) is 3. The smallest absolute Gasteiger partial charge is 0.195 e. The third kappa shape index (κ3) is 3.81. The molecule has 5 nitrogen and oxygen atoms in total. The van der Waals surface area contributed by atoms with Gasteiger partial charge in [-0.1, -0.05) is 12.1 Å². The molecular weight excluding hydrogens is 382 g/mol. The van der Waals surface area contributed by atoms with Gasteiger partial charge in [-0.25, -0.2) is 9.97 Å². The number of aromatic nitrogens is 2. The van der Waals surface area contributed by atoms with E-state index < -0.39 is 0 Å². The number of ether oxygens (including phenoxy) is 1. The van der Waals surface area contributed by atoms with Crippen LogP contribution in [0.5, 0.6) is 5.75 Å².